The Morgan fingerprint density at radius 2 is 2.14 bits per heavy atom. The van der Waals surface area contributed by atoms with Crippen LogP contribution in [0.2, 0.25) is 5.02 Å². The molecule has 1 atom stereocenters. The molecule has 5 nitrogen and oxygen atoms in total. The van der Waals surface area contributed by atoms with E-state index in [-0.39, 0.29) is 5.91 Å². The van der Waals surface area contributed by atoms with E-state index in [9.17, 15) is 9.59 Å². The minimum atomic E-state index is -0.850. The Kier molecular flexibility index (Phi) is 7.02. The van der Waals surface area contributed by atoms with Crippen molar-refractivity contribution in [3.63, 3.8) is 0 Å². The smallest absolute Gasteiger partial charge is 0.306 e. The van der Waals surface area contributed by atoms with Gasteiger partial charge in [-0.05, 0) is 30.5 Å². The van der Waals surface area contributed by atoms with Crippen LogP contribution in [0.25, 0.3) is 0 Å². The zero-order chi connectivity index (χ0) is 15.8. The number of hydrogen-bond donors (Lipinski definition) is 2. The number of carboxylic acid groups (broad SMARTS) is 1. The van der Waals surface area contributed by atoms with Crippen LogP contribution in [-0.2, 0) is 16.0 Å². The zero-order valence-corrected chi connectivity index (χ0v) is 12.9. The standard InChI is InChI=1S/C15H20ClNO4/c1-10(15(19)20)7-8-17-14(18)6-4-11-3-5-13(21-2)12(16)9-11/h3,5,9-10H,4,6-8H2,1-2H3,(H,17,18)(H,19,20). The summed E-state index contributed by atoms with van der Waals surface area (Å²) >= 11 is 6.01. The van der Waals surface area contributed by atoms with E-state index in [0.717, 1.165) is 5.56 Å². The first-order valence-corrected chi connectivity index (χ1v) is 7.13. The summed E-state index contributed by atoms with van der Waals surface area (Å²) in [5.41, 5.74) is 0.954. The summed E-state index contributed by atoms with van der Waals surface area (Å²) in [4.78, 5) is 22.3. The van der Waals surface area contributed by atoms with Gasteiger partial charge < -0.3 is 15.2 Å². The number of nitrogens with one attached hydrogen (secondary N) is 1. The van der Waals surface area contributed by atoms with Gasteiger partial charge in [-0.15, -0.1) is 0 Å². The van der Waals surface area contributed by atoms with Gasteiger partial charge in [0, 0.05) is 13.0 Å². The largest absolute Gasteiger partial charge is 0.495 e. The minimum absolute atomic E-state index is 0.0977. The molecule has 0 aliphatic heterocycles. The monoisotopic (exact) mass is 313 g/mol. The second-order valence-corrected chi connectivity index (χ2v) is 5.25. The molecule has 0 bridgehead atoms. The van der Waals surface area contributed by atoms with Gasteiger partial charge in [0.1, 0.15) is 5.75 Å². The molecule has 2 N–H and O–H groups in total. The van der Waals surface area contributed by atoms with Gasteiger partial charge in [0.05, 0.1) is 18.1 Å². The normalized spacial score (nSPS) is 11.8. The van der Waals surface area contributed by atoms with E-state index in [0.29, 0.717) is 36.6 Å². The van der Waals surface area contributed by atoms with Crippen LogP contribution in [0.15, 0.2) is 18.2 Å². The van der Waals surface area contributed by atoms with E-state index in [4.69, 9.17) is 21.4 Å². The van der Waals surface area contributed by atoms with Crippen molar-refractivity contribution in [2.45, 2.75) is 26.2 Å². The molecule has 0 saturated heterocycles. The lowest BCUT2D eigenvalue weighted by atomic mass is 10.1. The molecule has 0 fully saturated rings. The molecule has 0 saturated carbocycles. The summed E-state index contributed by atoms with van der Waals surface area (Å²) in [5, 5.41) is 12.0. The van der Waals surface area contributed by atoms with Crippen molar-refractivity contribution in [2.24, 2.45) is 5.92 Å². The number of rotatable bonds is 8. The van der Waals surface area contributed by atoms with Gasteiger partial charge in [-0.25, -0.2) is 0 Å². The van der Waals surface area contributed by atoms with Crippen molar-refractivity contribution in [1.82, 2.24) is 5.32 Å². The number of hydrogen-bond acceptors (Lipinski definition) is 3. The summed E-state index contributed by atoms with van der Waals surface area (Å²) in [6.45, 7) is 1.99. The molecule has 1 aromatic rings. The fraction of sp³-hybridized carbons (Fsp3) is 0.467. The maximum atomic E-state index is 11.7. The van der Waals surface area contributed by atoms with Crippen LogP contribution in [-0.4, -0.2) is 30.6 Å². The highest BCUT2D eigenvalue weighted by Crippen LogP contribution is 2.25. The van der Waals surface area contributed by atoms with Crippen LogP contribution >= 0.6 is 11.6 Å². The Morgan fingerprint density at radius 1 is 1.43 bits per heavy atom. The summed E-state index contributed by atoms with van der Waals surface area (Å²) in [7, 11) is 1.55. The van der Waals surface area contributed by atoms with Gasteiger partial charge in [0.2, 0.25) is 5.91 Å². The first-order valence-electron chi connectivity index (χ1n) is 6.76. The second-order valence-electron chi connectivity index (χ2n) is 4.85. The highest BCUT2D eigenvalue weighted by Gasteiger charge is 2.11. The molecule has 6 heteroatoms. The number of carbonyl (C=O) groups excluding carboxylic acids is 1. The topological polar surface area (TPSA) is 75.6 Å². The number of ether oxygens (including phenoxy) is 1. The van der Waals surface area contributed by atoms with E-state index in [2.05, 4.69) is 5.32 Å². The van der Waals surface area contributed by atoms with Crippen molar-refractivity contribution in [3.8, 4) is 5.75 Å². The van der Waals surface area contributed by atoms with E-state index in [1.165, 1.54) is 0 Å². The van der Waals surface area contributed by atoms with Gasteiger partial charge in [-0.2, -0.15) is 0 Å². The van der Waals surface area contributed by atoms with Crippen molar-refractivity contribution in [3.05, 3.63) is 28.8 Å². The summed E-state index contributed by atoms with van der Waals surface area (Å²) in [6.07, 6.45) is 1.34. The maximum Gasteiger partial charge on any atom is 0.306 e. The lowest BCUT2D eigenvalue weighted by Gasteiger charge is -2.08. The number of carbonyl (C=O) groups is 2. The molecule has 116 valence electrons. The van der Waals surface area contributed by atoms with E-state index < -0.39 is 11.9 Å². The summed E-state index contributed by atoms with van der Waals surface area (Å²) in [5.74, 6) is -0.796. The molecule has 1 amide bonds. The van der Waals surface area contributed by atoms with E-state index in [1.54, 1.807) is 26.2 Å². The predicted octanol–water partition coefficient (Wildman–Crippen LogP) is 2.51. The third kappa shape index (κ3) is 6.04. The minimum Gasteiger partial charge on any atom is -0.495 e. The van der Waals surface area contributed by atoms with Crippen LogP contribution in [0.1, 0.15) is 25.3 Å². The quantitative estimate of drug-likeness (QED) is 0.773. The third-order valence-electron chi connectivity index (χ3n) is 3.18. The second kappa shape index (κ2) is 8.52. The Morgan fingerprint density at radius 3 is 2.71 bits per heavy atom. The number of methoxy groups -OCH3 is 1. The molecule has 0 radical (unpaired) electrons. The number of amides is 1. The average Bonchev–Trinajstić information content (AvgIpc) is 2.45. The van der Waals surface area contributed by atoms with E-state index >= 15 is 0 Å². The van der Waals surface area contributed by atoms with Gasteiger partial charge >= 0.3 is 5.97 Å². The predicted molar refractivity (Wildman–Crippen MR) is 80.8 cm³/mol. The molecule has 0 aromatic heterocycles. The fourth-order valence-corrected chi connectivity index (χ4v) is 2.04. The van der Waals surface area contributed by atoms with Crippen LogP contribution < -0.4 is 10.1 Å². The van der Waals surface area contributed by atoms with Crippen molar-refractivity contribution < 1.29 is 19.4 Å². The Bertz CT molecular complexity index is 504. The Hall–Kier alpha value is -1.75. The lowest BCUT2D eigenvalue weighted by Crippen LogP contribution is -2.27. The summed E-state index contributed by atoms with van der Waals surface area (Å²) < 4.78 is 5.06. The van der Waals surface area contributed by atoms with Gasteiger partial charge in [-0.1, -0.05) is 24.6 Å². The molecule has 1 rings (SSSR count). The SMILES string of the molecule is COc1ccc(CCC(=O)NCCC(C)C(=O)O)cc1Cl. The highest BCUT2D eigenvalue weighted by atomic mass is 35.5. The molecule has 1 aromatic carbocycles. The fourth-order valence-electron chi connectivity index (χ4n) is 1.76. The molecule has 0 aliphatic carbocycles. The van der Waals surface area contributed by atoms with Crippen molar-refractivity contribution in [2.75, 3.05) is 13.7 Å². The molecule has 0 aliphatic rings. The zero-order valence-electron chi connectivity index (χ0n) is 12.2. The van der Waals surface area contributed by atoms with Crippen LogP contribution in [0.4, 0.5) is 0 Å². The molecular formula is C15H20ClNO4. The average molecular weight is 314 g/mol. The first-order chi connectivity index (χ1) is 9.93. The molecular weight excluding hydrogens is 294 g/mol. The molecule has 21 heavy (non-hydrogen) atoms. The van der Waals surface area contributed by atoms with Gasteiger partial charge in [0.15, 0.2) is 0 Å². The first kappa shape index (κ1) is 17.3. The number of halogens is 1. The van der Waals surface area contributed by atoms with Crippen LogP contribution in [0, 0.1) is 5.92 Å². The molecule has 1 unspecified atom stereocenters. The van der Waals surface area contributed by atoms with E-state index in [1.807, 2.05) is 6.07 Å². The Labute approximate surface area is 129 Å². The number of aliphatic carboxylic acids is 1. The van der Waals surface area contributed by atoms with Crippen LogP contribution in [0.3, 0.4) is 0 Å². The Balaban J connectivity index is 2.33. The maximum absolute atomic E-state index is 11.7. The number of carboxylic acids is 1. The number of aryl methyl sites for hydroxylation is 1. The van der Waals surface area contributed by atoms with Crippen molar-refractivity contribution in [1.29, 1.82) is 0 Å². The van der Waals surface area contributed by atoms with Gasteiger partial charge in [0.25, 0.3) is 0 Å². The summed E-state index contributed by atoms with van der Waals surface area (Å²) in [6, 6.07) is 5.41. The highest BCUT2D eigenvalue weighted by molar-refractivity contribution is 6.32. The van der Waals surface area contributed by atoms with Crippen molar-refractivity contribution >= 4 is 23.5 Å². The number of benzene rings is 1. The molecule has 0 spiro atoms. The van der Waals surface area contributed by atoms with Gasteiger partial charge in [-0.3, -0.25) is 9.59 Å². The van der Waals surface area contributed by atoms with Crippen LogP contribution in [0.5, 0.6) is 5.75 Å². The lowest BCUT2D eigenvalue weighted by molar-refractivity contribution is -0.141. The molecule has 0 heterocycles. The third-order valence-corrected chi connectivity index (χ3v) is 3.47.